The zero-order chi connectivity index (χ0) is 13.7. The fourth-order valence-electron chi connectivity index (χ4n) is 1.74. The molecule has 0 saturated heterocycles. The second-order valence-corrected chi connectivity index (χ2v) is 4.03. The molecular weight excluding hydrogens is 234 g/mol. The van der Waals surface area contributed by atoms with Crippen molar-refractivity contribution in [3.05, 3.63) is 23.3 Å². The summed E-state index contributed by atoms with van der Waals surface area (Å²) in [6.07, 6.45) is 0.525. The van der Waals surface area contributed by atoms with Gasteiger partial charge in [-0.05, 0) is 19.4 Å². The second-order valence-electron chi connectivity index (χ2n) is 4.03. The quantitative estimate of drug-likeness (QED) is 0.803. The summed E-state index contributed by atoms with van der Waals surface area (Å²) in [5.41, 5.74) is 6.95. The predicted molar refractivity (Wildman–Crippen MR) is 68.2 cm³/mol. The van der Waals surface area contributed by atoms with Crippen molar-refractivity contribution in [1.29, 1.82) is 0 Å². The number of nitrogens with two attached hydrogens (primary N) is 1. The van der Waals surface area contributed by atoms with Gasteiger partial charge in [0.05, 0.1) is 26.9 Å². The van der Waals surface area contributed by atoms with Crippen LogP contribution in [0.1, 0.15) is 22.8 Å². The summed E-state index contributed by atoms with van der Waals surface area (Å²) in [6.45, 7) is 1.87. The lowest BCUT2D eigenvalue weighted by molar-refractivity contribution is 0.0598. The van der Waals surface area contributed by atoms with E-state index < -0.39 is 5.97 Å². The Morgan fingerprint density at radius 3 is 2.39 bits per heavy atom. The number of methoxy groups -OCH3 is 3. The van der Waals surface area contributed by atoms with Crippen molar-refractivity contribution in [1.82, 2.24) is 0 Å². The van der Waals surface area contributed by atoms with Crippen molar-refractivity contribution in [2.24, 2.45) is 5.73 Å². The predicted octanol–water partition coefficient (Wildman–Crippen LogP) is 1.38. The Labute approximate surface area is 107 Å². The van der Waals surface area contributed by atoms with Gasteiger partial charge in [-0.1, -0.05) is 0 Å². The zero-order valence-corrected chi connectivity index (χ0v) is 11.1. The Hall–Kier alpha value is -1.75. The van der Waals surface area contributed by atoms with Crippen LogP contribution in [0, 0.1) is 0 Å². The second kappa shape index (κ2) is 6.26. The molecule has 0 aliphatic heterocycles. The minimum absolute atomic E-state index is 0.0873. The van der Waals surface area contributed by atoms with Crippen LogP contribution >= 0.6 is 0 Å². The Morgan fingerprint density at radius 2 is 1.94 bits per heavy atom. The molecule has 0 fully saturated rings. The maximum absolute atomic E-state index is 11.8. The topological polar surface area (TPSA) is 70.8 Å². The van der Waals surface area contributed by atoms with E-state index in [0.29, 0.717) is 23.5 Å². The first-order chi connectivity index (χ1) is 8.53. The summed E-state index contributed by atoms with van der Waals surface area (Å²) < 4.78 is 15.2. The number of esters is 1. The van der Waals surface area contributed by atoms with Gasteiger partial charge in [-0.2, -0.15) is 0 Å². The molecule has 0 heterocycles. The van der Waals surface area contributed by atoms with Crippen molar-refractivity contribution in [3.8, 4) is 11.5 Å². The highest BCUT2D eigenvalue weighted by molar-refractivity contribution is 5.92. The summed E-state index contributed by atoms with van der Waals surface area (Å²) >= 11 is 0. The van der Waals surface area contributed by atoms with Crippen LogP contribution in [0.15, 0.2) is 12.1 Å². The summed E-state index contributed by atoms with van der Waals surface area (Å²) in [5.74, 6) is 0.690. The van der Waals surface area contributed by atoms with Crippen LogP contribution in [-0.4, -0.2) is 33.3 Å². The van der Waals surface area contributed by atoms with Crippen LogP contribution in [0.5, 0.6) is 11.5 Å². The van der Waals surface area contributed by atoms with E-state index in [-0.39, 0.29) is 6.04 Å². The molecule has 100 valence electrons. The number of hydrogen-bond acceptors (Lipinski definition) is 5. The van der Waals surface area contributed by atoms with Crippen molar-refractivity contribution in [3.63, 3.8) is 0 Å². The van der Waals surface area contributed by atoms with E-state index >= 15 is 0 Å². The fraction of sp³-hybridized carbons (Fsp3) is 0.462. The standard InChI is InChI=1S/C13H19NO4/c1-8(14)5-10-11(13(15)18-4)6-9(16-2)7-12(10)17-3/h6-8H,5,14H2,1-4H3. The van der Waals surface area contributed by atoms with E-state index in [1.165, 1.54) is 14.2 Å². The van der Waals surface area contributed by atoms with Crippen LogP contribution in [0.3, 0.4) is 0 Å². The first-order valence-electron chi connectivity index (χ1n) is 5.62. The first kappa shape index (κ1) is 14.3. The largest absolute Gasteiger partial charge is 0.497 e. The number of carbonyl (C=O) groups excluding carboxylic acids is 1. The van der Waals surface area contributed by atoms with Gasteiger partial charge < -0.3 is 19.9 Å². The number of ether oxygens (including phenoxy) is 3. The molecule has 5 heteroatoms. The molecule has 2 N–H and O–H groups in total. The molecule has 0 amide bonds. The number of benzene rings is 1. The van der Waals surface area contributed by atoms with E-state index in [0.717, 1.165) is 5.56 Å². The maximum atomic E-state index is 11.8. The summed E-state index contributed by atoms with van der Waals surface area (Å²) in [7, 11) is 4.41. The van der Waals surface area contributed by atoms with Crippen LogP contribution in [0.4, 0.5) is 0 Å². The molecule has 1 aromatic rings. The van der Waals surface area contributed by atoms with Gasteiger partial charge in [0.25, 0.3) is 0 Å². The van der Waals surface area contributed by atoms with Gasteiger partial charge in [0, 0.05) is 17.7 Å². The third-order valence-electron chi connectivity index (χ3n) is 2.57. The fourth-order valence-corrected chi connectivity index (χ4v) is 1.74. The van der Waals surface area contributed by atoms with E-state index in [4.69, 9.17) is 19.9 Å². The Balaban J connectivity index is 3.36. The summed E-state index contributed by atoms with van der Waals surface area (Å²) in [5, 5.41) is 0. The van der Waals surface area contributed by atoms with Gasteiger partial charge in [0.2, 0.25) is 0 Å². The Morgan fingerprint density at radius 1 is 1.28 bits per heavy atom. The molecule has 1 unspecified atom stereocenters. The molecule has 0 aliphatic carbocycles. The smallest absolute Gasteiger partial charge is 0.338 e. The Bertz CT molecular complexity index is 429. The first-order valence-corrected chi connectivity index (χ1v) is 5.62. The molecule has 0 bridgehead atoms. The lowest BCUT2D eigenvalue weighted by Crippen LogP contribution is -2.20. The molecule has 0 aromatic heterocycles. The molecule has 5 nitrogen and oxygen atoms in total. The van der Waals surface area contributed by atoms with E-state index in [2.05, 4.69) is 0 Å². The third-order valence-corrected chi connectivity index (χ3v) is 2.57. The average Bonchev–Trinajstić information content (AvgIpc) is 2.37. The number of hydrogen-bond donors (Lipinski definition) is 1. The molecule has 0 radical (unpaired) electrons. The number of rotatable bonds is 5. The van der Waals surface area contributed by atoms with Crippen molar-refractivity contribution in [2.75, 3.05) is 21.3 Å². The van der Waals surface area contributed by atoms with Crippen LogP contribution in [0.2, 0.25) is 0 Å². The van der Waals surface area contributed by atoms with Crippen molar-refractivity contribution < 1.29 is 19.0 Å². The van der Waals surface area contributed by atoms with Crippen molar-refractivity contribution >= 4 is 5.97 Å². The molecule has 0 aliphatic rings. The highest BCUT2D eigenvalue weighted by Gasteiger charge is 2.19. The van der Waals surface area contributed by atoms with Gasteiger partial charge in [0.15, 0.2) is 0 Å². The van der Waals surface area contributed by atoms with Crippen LogP contribution in [-0.2, 0) is 11.2 Å². The molecule has 1 rings (SSSR count). The lowest BCUT2D eigenvalue weighted by Gasteiger charge is -2.16. The van der Waals surface area contributed by atoms with E-state index in [1.807, 2.05) is 6.92 Å². The average molecular weight is 253 g/mol. The van der Waals surface area contributed by atoms with Gasteiger partial charge in [-0.3, -0.25) is 0 Å². The maximum Gasteiger partial charge on any atom is 0.338 e. The SMILES string of the molecule is COC(=O)c1cc(OC)cc(OC)c1CC(C)N. The van der Waals surface area contributed by atoms with Gasteiger partial charge in [-0.15, -0.1) is 0 Å². The zero-order valence-electron chi connectivity index (χ0n) is 11.1. The third kappa shape index (κ3) is 3.13. The highest BCUT2D eigenvalue weighted by atomic mass is 16.5. The summed E-state index contributed by atoms with van der Waals surface area (Å²) in [4.78, 5) is 11.8. The Kier molecular flexibility index (Phi) is 4.97. The molecule has 1 atom stereocenters. The van der Waals surface area contributed by atoms with Gasteiger partial charge in [0.1, 0.15) is 11.5 Å². The van der Waals surface area contributed by atoms with E-state index in [9.17, 15) is 4.79 Å². The molecule has 1 aromatic carbocycles. The van der Waals surface area contributed by atoms with Crippen LogP contribution in [0.25, 0.3) is 0 Å². The molecular formula is C13H19NO4. The number of carbonyl (C=O) groups is 1. The van der Waals surface area contributed by atoms with E-state index in [1.54, 1.807) is 19.2 Å². The molecule has 0 saturated carbocycles. The lowest BCUT2D eigenvalue weighted by atomic mass is 9.99. The minimum Gasteiger partial charge on any atom is -0.497 e. The van der Waals surface area contributed by atoms with Crippen molar-refractivity contribution in [2.45, 2.75) is 19.4 Å². The normalized spacial score (nSPS) is 11.8. The molecule has 18 heavy (non-hydrogen) atoms. The van der Waals surface area contributed by atoms with Crippen LogP contribution < -0.4 is 15.2 Å². The van der Waals surface area contributed by atoms with Gasteiger partial charge in [-0.25, -0.2) is 4.79 Å². The van der Waals surface area contributed by atoms with Gasteiger partial charge >= 0.3 is 5.97 Å². The minimum atomic E-state index is -0.428. The monoisotopic (exact) mass is 253 g/mol. The summed E-state index contributed by atoms with van der Waals surface area (Å²) in [6, 6.07) is 3.27. The molecule has 0 spiro atoms. The highest BCUT2D eigenvalue weighted by Crippen LogP contribution is 2.30.